The topological polar surface area (TPSA) is 52.6 Å². The maximum absolute atomic E-state index is 12.2. The van der Waals surface area contributed by atoms with Crippen molar-refractivity contribution in [3.05, 3.63) is 35.4 Å². The molecular weight excluding hydrogens is 400 g/mol. The number of carbonyl (C=O) groups excluding carboxylic acids is 2. The Morgan fingerprint density at radius 3 is 1.60 bits per heavy atom. The van der Waals surface area contributed by atoms with Crippen molar-refractivity contribution in [2.75, 3.05) is 19.1 Å². The van der Waals surface area contributed by atoms with Crippen LogP contribution in [0.5, 0.6) is 0 Å². The third kappa shape index (κ3) is 12.9. The van der Waals surface area contributed by atoms with Crippen molar-refractivity contribution < 1.29 is 19.1 Å². The molecule has 5 heteroatoms. The quantitative estimate of drug-likeness (QED) is 0.137. The second kappa shape index (κ2) is 18.2. The number of ether oxygens (including phenoxy) is 2. The molecule has 0 radical (unpaired) electrons. The Hall–Kier alpha value is -1.55. The van der Waals surface area contributed by atoms with Gasteiger partial charge in [-0.05, 0) is 37.5 Å². The van der Waals surface area contributed by atoms with Crippen molar-refractivity contribution in [2.45, 2.75) is 90.4 Å². The number of rotatable bonds is 18. The summed E-state index contributed by atoms with van der Waals surface area (Å²) in [5, 5.41) is 0. The summed E-state index contributed by atoms with van der Waals surface area (Å²) in [5.41, 5.74) is 0.791. The number of carbonyl (C=O) groups is 2. The van der Waals surface area contributed by atoms with Gasteiger partial charge in [0.2, 0.25) is 0 Å². The molecule has 0 amide bonds. The van der Waals surface area contributed by atoms with Gasteiger partial charge in [0.15, 0.2) is 0 Å². The molecule has 0 aliphatic rings. The largest absolute Gasteiger partial charge is 0.462 e. The zero-order chi connectivity index (χ0) is 21.9. The second-order valence-corrected chi connectivity index (χ2v) is 8.16. The van der Waals surface area contributed by atoms with Gasteiger partial charge >= 0.3 is 11.9 Å². The highest BCUT2D eigenvalue weighted by atomic mass is 35.5. The number of alkyl halides is 1. The third-order valence-electron chi connectivity index (χ3n) is 5.08. The summed E-state index contributed by atoms with van der Waals surface area (Å²) in [6.45, 7) is 3.01. The number of esters is 2. The predicted molar refractivity (Wildman–Crippen MR) is 123 cm³/mol. The summed E-state index contributed by atoms with van der Waals surface area (Å²) in [6, 6.07) is 6.59. The smallest absolute Gasteiger partial charge is 0.338 e. The van der Waals surface area contributed by atoms with Gasteiger partial charge in [-0.3, -0.25) is 0 Å². The van der Waals surface area contributed by atoms with Gasteiger partial charge in [0.25, 0.3) is 0 Å². The highest BCUT2D eigenvalue weighted by molar-refractivity contribution is 6.17. The van der Waals surface area contributed by atoms with Crippen LogP contribution in [0.3, 0.4) is 0 Å². The molecule has 170 valence electrons. The van der Waals surface area contributed by atoms with E-state index in [0.717, 1.165) is 44.4 Å². The highest BCUT2D eigenvalue weighted by Gasteiger charge is 2.12. The molecule has 0 saturated heterocycles. The lowest BCUT2D eigenvalue weighted by atomic mass is 10.1. The van der Waals surface area contributed by atoms with Crippen LogP contribution in [0.4, 0.5) is 0 Å². The molecule has 0 aliphatic heterocycles. The van der Waals surface area contributed by atoms with Gasteiger partial charge in [-0.1, -0.05) is 77.2 Å². The van der Waals surface area contributed by atoms with E-state index in [9.17, 15) is 9.59 Å². The Morgan fingerprint density at radius 1 is 0.700 bits per heavy atom. The molecule has 1 aromatic carbocycles. The maximum Gasteiger partial charge on any atom is 0.338 e. The molecule has 0 unspecified atom stereocenters. The van der Waals surface area contributed by atoms with E-state index in [-0.39, 0.29) is 11.9 Å². The van der Waals surface area contributed by atoms with Gasteiger partial charge in [0, 0.05) is 5.88 Å². The van der Waals surface area contributed by atoms with Gasteiger partial charge < -0.3 is 9.47 Å². The molecule has 0 spiro atoms. The predicted octanol–water partition coefficient (Wildman–Crippen LogP) is 7.33. The first-order valence-corrected chi connectivity index (χ1v) is 12.2. The molecule has 0 heterocycles. The van der Waals surface area contributed by atoms with Crippen LogP contribution in [0.15, 0.2) is 24.3 Å². The number of unbranched alkanes of at least 4 members (excludes halogenated alkanes) is 11. The molecule has 0 fully saturated rings. The fourth-order valence-corrected chi connectivity index (χ4v) is 3.42. The minimum absolute atomic E-state index is 0.383. The summed E-state index contributed by atoms with van der Waals surface area (Å²) < 4.78 is 10.7. The summed E-state index contributed by atoms with van der Waals surface area (Å²) in [7, 11) is 0. The third-order valence-corrected chi connectivity index (χ3v) is 5.34. The van der Waals surface area contributed by atoms with E-state index >= 15 is 0 Å². The van der Waals surface area contributed by atoms with Crippen molar-refractivity contribution in [1.29, 1.82) is 0 Å². The first-order chi connectivity index (χ1) is 14.7. The average Bonchev–Trinajstić information content (AvgIpc) is 2.77. The minimum atomic E-state index is -0.384. The monoisotopic (exact) mass is 438 g/mol. The van der Waals surface area contributed by atoms with Crippen molar-refractivity contribution >= 4 is 23.5 Å². The van der Waals surface area contributed by atoms with Gasteiger partial charge in [0.1, 0.15) is 0 Å². The molecule has 0 atom stereocenters. The second-order valence-electron chi connectivity index (χ2n) is 7.78. The van der Waals surface area contributed by atoms with Crippen LogP contribution in [0.25, 0.3) is 0 Å². The van der Waals surface area contributed by atoms with Crippen LogP contribution in [-0.2, 0) is 9.47 Å². The first-order valence-electron chi connectivity index (χ1n) is 11.7. The Morgan fingerprint density at radius 2 is 1.13 bits per heavy atom. The maximum atomic E-state index is 12.2. The highest BCUT2D eigenvalue weighted by Crippen LogP contribution is 2.12. The molecule has 1 aromatic rings. The SMILES string of the molecule is CCCCCCCOC(=O)c1cccc(C(=O)OCCCCCCCCCCCl)c1. The average molecular weight is 439 g/mol. The van der Waals surface area contributed by atoms with Crippen LogP contribution in [0, 0.1) is 0 Å². The standard InChI is InChI=1S/C25H39ClO4/c1-2-3-4-10-13-19-29-24(27)22-16-15-17-23(21-22)25(28)30-20-14-11-8-6-5-7-9-12-18-26/h15-17,21H,2-14,18-20H2,1H3. The van der Waals surface area contributed by atoms with Gasteiger partial charge in [-0.2, -0.15) is 0 Å². The van der Waals surface area contributed by atoms with E-state index in [1.165, 1.54) is 44.9 Å². The number of hydrogen-bond acceptors (Lipinski definition) is 4. The van der Waals surface area contributed by atoms with Crippen molar-refractivity contribution in [1.82, 2.24) is 0 Å². The van der Waals surface area contributed by atoms with Gasteiger partial charge in [-0.15, -0.1) is 11.6 Å². The fraction of sp³-hybridized carbons (Fsp3) is 0.680. The molecule has 0 aliphatic carbocycles. The summed E-state index contributed by atoms with van der Waals surface area (Å²) in [6.07, 6.45) is 14.7. The van der Waals surface area contributed by atoms with Crippen LogP contribution >= 0.6 is 11.6 Å². The number of halogens is 1. The molecular formula is C25H39ClO4. The minimum Gasteiger partial charge on any atom is -0.462 e. The molecule has 30 heavy (non-hydrogen) atoms. The summed E-state index contributed by atoms with van der Waals surface area (Å²) >= 11 is 5.67. The van der Waals surface area contributed by atoms with Crippen LogP contribution in [0.1, 0.15) is 111 Å². The zero-order valence-electron chi connectivity index (χ0n) is 18.6. The Bertz CT molecular complexity index is 588. The van der Waals surface area contributed by atoms with E-state index in [1.807, 2.05) is 0 Å². The lowest BCUT2D eigenvalue weighted by Gasteiger charge is -2.08. The summed E-state index contributed by atoms with van der Waals surface area (Å²) in [4.78, 5) is 24.4. The number of hydrogen-bond donors (Lipinski definition) is 0. The Labute approximate surface area is 187 Å². The van der Waals surface area contributed by atoms with Crippen LogP contribution in [0.2, 0.25) is 0 Å². The summed E-state index contributed by atoms with van der Waals surface area (Å²) in [5.74, 6) is -0.00863. The van der Waals surface area contributed by atoms with E-state index in [4.69, 9.17) is 21.1 Å². The Kier molecular flexibility index (Phi) is 16.1. The van der Waals surface area contributed by atoms with Crippen LogP contribution < -0.4 is 0 Å². The molecule has 0 saturated carbocycles. The molecule has 4 nitrogen and oxygen atoms in total. The van der Waals surface area contributed by atoms with Gasteiger partial charge in [0.05, 0.1) is 24.3 Å². The lowest BCUT2D eigenvalue weighted by Crippen LogP contribution is -2.10. The van der Waals surface area contributed by atoms with E-state index in [1.54, 1.807) is 24.3 Å². The van der Waals surface area contributed by atoms with Crippen molar-refractivity contribution in [3.8, 4) is 0 Å². The van der Waals surface area contributed by atoms with E-state index in [2.05, 4.69) is 6.92 Å². The molecule has 0 bridgehead atoms. The van der Waals surface area contributed by atoms with E-state index in [0.29, 0.717) is 24.3 Å². The molecule has 0 N–H and O–H groups in total. The molecule has 1 rings (SSSR count). The first kappa shape index (κ1) is 26.5. The van der Waals surface area contributed by atoms with Crippen LogP contribution in [-0.4, -0.2) is 31.0 Å². The van der Waals surface area contributed by atoms with Crippen molar-refractivity contribution in [3.63, 3.8) is 0 Å². The normalized spacial score (nSPS) is 10.7. The number of benzene rings is 1. The zero-order valence-corrected chi connectivity index (χ0v) is 19.4. The fourth-order valence-electron chi connectivity index (χ4n) is 3.23. The molecule has 0 aromatic heterocycles. The van der Waals surface area contributed by atoms with Gasteiger partial charge in [-0.25, -0.2) is 9.59 Å². The Balaban J connectivity index is 2.20. The van der Waals surface area contributed by atoms with E-state index < -0.39 is 0 Å². The van der Waals surface area contributed by atoms with Crippen molar-refractivity contribution in [2.24, 2.45) is 0 Å². The lowest BCUT2D eigenvalue weighted by molar-refractivity contribution is 0.0496.